The average molecular weight is 445 g/mol. The summed E-state index contributed by atoms with van der Waals surface area (Å²) in [6, 6.07) is 8.00. The van der Waals surface area contributed by atoms with E-state index in [0.29, 0.717) is 0 Å². The third-order valence-electron chi connectivity index (χ3n) is 4.54. The number of rotatable bonds is 4. The number of aryl methyl sites for hydroxylation is 2. The molecule has 0 spiro atoms. The van der Waals surface area contributed by atoms with Gasteiger partial charge in [-0.3, -0.25) is 0 Å². The van der Waals surface area contributed by atoms with Gasteiger partial charge in [0.1, 0.15) is 16.5 Å². The van der Waals surface area contributed by atoms with Crippen LogP contribution in [0.3, 0.4) is 0 Å². The Labute approximate surface area is 169 Å². The quantitative estimate of drug-likeness (QED) is 0.465. The van der Waals surface area contributed by atoms with Gasteiger partial charge < -0.3 is 10.1 Å². The summed E-state index contributed by atoms with van der Waals surface area (Å²) in [5.41, 5.74) is 12.2. The van der Waals surface area contributed by atoms with Crippen LogP contribution < -0.4 is 5.73 Å². The minimum Gasteiger partial charge on any atom is -0.317 e. The van der Waals surface area contributed by atoms with Crippen LogP contribution >= 0.6 is 27.3 Å². The summed E-state index contributed by atoms with van der Waals surface area (Å²) in [7, 11) is 0. The van der Waals surface area contributed by atoms with Gasteiger partial charge in [0.2, 0.25) is 0 Å². The van der Waals surface area contributed by atoms with E-state index in [1.54, 1.807) is 12.1 Å². The zero-order chi connectivity index (χ0) is 19.1. The molecule has 0 aliphatic rings. The Morgan fingerprint density at radius 2 is 2.00 bits per heavy atom. The van der Waals surface area contributed by atoms with Crippen LogP contribution in [-0.2, 0) is 6.42 Å². The van der Waals surface area contributed by atoms with Gasteiger partial charge in [0.05, 0.1) is 23.1 Å². The molecule has 1 unspecified atom stereocenters. The van der Waals surface area contributed by atoms with E-state index < -0.39 is 0 Å². The van der Waals surface area contributed by atoms with Crippen LogP contribution in [0.2, 0.25) is 0 Å². The summed E-state index contributed by atoms with van der Waals surface area (Å²) in [5, 5.41) is 2.77. The fraction of sp³-hybridized carbons (Fsp3) is 0.200. The molecule has 2 N–H and O–H groups in total. The molecule has 0 aliphatic heterocycles. The summed E-state index contributed by atoms with van der Waals surface area (Å²) < 4.78 is 16.2. The standard InChI is InChI=1S/C20H18BrFN4S/c1-3-15-18(26-9-13(21)8-11(2)19(26)24-15)17(23)20-25-16(10-27-20)12-4-6-14(22)7-5-12/h4-10,17H,3,23H2,1-2H3. The summed E-state index contributed by atoms with van der Waals surface area (Å²) in [4.78, 5) is 9.50. The lowest BCUT2D eigenvalue weighted by Gasteiger charge is -2.11. The summed E-state index contributed by atoms with van der Waals surface area (Å²) in [6.07, 6.45) is 2.79. The molecule has 4 rings (SSSR count). The number of halogens is 2. The van der Waals surface area contributed by atoms with E-state index >= 15 is 0 Å². The second-order valence-corrected chi connectivity index (χ2v) is 8.19. The number of imidazole rings is 1. The Kier molecular flexibility index (Phi) is 4.84. The normalized spacial score (nSPS) is 12.6. The van der Waals surface area contributed by atoms with Crippen molar-refractivity contribution in [1.29, 1.82) is 0 Å². The predicted octanol–water partition coefficient (Wildman–Crippen LogP) is 5.28. The molecule has 1 atom stereocenters. The zero-order valence-corrected chi connectivity index (χ0v) is 17.3. The van der Waals surface area contributed by atoms with Crippen LogP contribution in [0.25, 0.3) is 16.9 Å². The lowest BCUT2D eigenvalue weighted by Crippen LogP contribution is -2.16. The molecule has 0 aliphatic carbocycles. The minimum absolute atomic E-state index is 0.259. The van der Waals surface area contributed by atoms with Gasteiger partial charge >= 0.3 is 0 Å². The molecule has 0 bridgehead atoms. The summed E-state index contributed by atoms with van der Waals surface area (Å²) in [5.74, 6) is -0.259. The number of fused-ring (bicyclic) bond motifs is 1. The number of pyridine rings is 1. The van der Waals surface area contributed by atoms with Crippen molar-refractivity contribution in [2.45, 2.75) is 26.3 Å². The van der Waals surface area contributed by atoms with Crippen molar-refractivity contribution in [2.24, 2.45) is 5.73 Å². The van der Waals surface area contributed by atoms with Crippen molar-refractivity contribution in [3.05, 3.63) is 74.2 Å². The van der Waals surface area contributed by atoms with Gasteiger partial charge in [-0.25, -0.2) is 14.4 Å². The molecule has 0 amide bonds. The van der Waals surface area contributed by atoms with Gasteiger partial charge in [-0.2, -0.15) is 0 Å². The third kappa shape index (κ3) is 3.31. The van der Waals surface area contributed by atoms with Crippen molar-refractivity contribution in [1.82, 2.24) is 14.4 Å². The number of nitrogens with zero attached hydrogens (tertiary/aromatic N) is 3. The van der Waals surface area contributed by atoms with Crippen LogP contribution in [0.5, 0.6) is 0 Å². The van der Waals surface area contributed by atoms with Crippen LogP contribution in [0.1, 0.15) is 34.9 Å². The Morgan fingerprint density at radius 3 is 2.70 bits per heavy atom. The fourth-order valence-electron chi connectivity index (χ4n) is 3.22. The maximum atomic E-state index is 13.2. The van der Waals surface area contributed by atoms with Crippen molar-refractivity contribution in [2.75, 3.05) is 0 Å². The Hall–Kier alpha value is -2.09. The van der Waals surface area contributed by atoms with Gasteiger partial charge in [0, 0.05) is 21.6 Å². The average Bonchev–Trinajstić information content (AvgIpc) is 3.26. The molecular formula is C20H18BrFN4S. The predicted molar refractivity (Wildman–Crippen MR) is 111 cm³/mol. The topological polar surface area (TPSA) is 56.2 Å². The highest BCUT2D eigenvalue weighted by atomic mass is 79.9. The van der Waals surface area contributed by atoms with Gasteiger partial charge in [-0.15, -0.1) is 11.3 Å². The maximum Gasteiger partial charge on any atom is 0.140 e. The van der Waals surface area contributed by atoms with E-state index in [-0.39, 0.29) is 11.9 Å². The smallest absolute Gasteiger partial charge is 0.140 e. The number of benzene rings is 1. The number of aromatic nitrogens is 3. The number of nitrogens with two attached hydrogens (primary N) is 1. The largest absolute Gasteiger partial charge is 0.317 e. The molecule has 0 radical (unpaired) electrons. The third-order valence-corrected chi connectivity index (χ3v) is 5.90. The van der Waals surface area contributed by atoms with Gasteiger partial charge in [0.15, 0.2) is 0 Å². The molecule has 7 heteroatoms. The summed E-state index contributed by atoms with van der Waals surface area (Å²) >= 11 is 5.07. The highest BCUT2D eigenvalue weighted by Crippen LogP contribution is 2.31. The Balaban J connectivity index is 1.79. The van der Waals surface area contributed by atoms with E-state index in [9.17, 15) is 4.39 Å². The van der Waals surface area contributed by atoms with Gasteiger partial charge in [0.25, 0.3) is 0 Å². The monoisotopic (exact) mass is 444 g/mol. The first-order valence-corrected chi connectivity index (χ1v) is 10.3. The maximum absolute atomic E-state index is 13.2. The Morgan fingerprint density at radius 1 is 1.26 bits per heavy atom. The van der Waals surface area contributed by atoms with E-state index in [4.69, 9.17) is 15.7 Å². The highest BCUT2D eigenvalue weighted by Gasteiger charge is 2.23. The molecule has 4 aromatic rings. The van der Waals surface area contributed by atoms with Crippen molar-refractivity contribution >= 4 is 32.9 Å². The number of thiazole rings is 1. The number of hydrogen-bond donors (Lipinski definition) is 1. The van der Waals surface area contributed by atoms with E-state index in [1.807, 2.05) is 24.6 Å². The summed E-state index contributed by atoms with van der Waals surface area (Å²) in [6.45, 7) is 4.12. The fourth-order valence-corrected chi connectivity index (χ4v) is 4.60. The lowest BCUT2D eigenvalue weighted by molar-refractivity contribution is 0.628. The van der Waals surface area contributed by atoms with E-state index in [0.717, 1.165) is 49.8 Å². The molecule has 0 fully saturated rings. The molecule has 3 heterocycles. The number of hydrogen-bond acceptors (Lipinski definition) is 4. The van der Waals surface area contributed by atoms with Crippen LogP contribution in [0.4, 0.5) is 4.39 Å². The molecular weight excluding hydrogens is 427 g/mol. The first kappa shape index (κ1) is 18.3. The van der Waals surface area contributed by atoms with E-state index in [2.05, 4.69) is 27.3 Å². The first-order valence-electron chi connectivity index (χ1n) is 8.62. The van der Waals surface area contributed by atoms with Crippen LogP contribution in [-0.4, -0.2) is 14.4 Å². The van der Waals surface area contributed by atoms with Crippen molar-refractivity contribution in [3.63, 3.8) is 0 Å². The molecule has 1 aromatic carbocycles. The molecule has 27 heavy (non-hydrogen) atoms. The minimum atomic E-state index is -0.386. The lowest BCUT2D eigenvalue weighted by atomic mass is 10.1. The van der Waals surface area contributed by atoms with Crippen molar-refractivity contribution < 1.29 is 4.39 Å². The molecule has 0 saturated heterocycles. The Bertz CT molecular complexity index is 1120. The molecule has 138 valence electrons. The first-order chi connectivity index (χ1) is 13.0. The van der Waals surface area contributed by atoms with E-state index in [1.165, 1.54) is 23.5 Å². The second-order valence-electron chi connectivity index (χ2n) is 6.39. The molecule has 3 aromatic heterocycles. The zero-order valence-electron chi connectivity index (χ0n) is 14.9. The van der Waals surface area contributed by atoms with Gasteiger partial charge in [-0.1, -0.05) is 6.92 Å². The van der Waals surface area contributed by atoms with Crippen LogP contribution in [0, 0.1) is 12.7 Å². The highest BCUT2D eigenvalue weighted by molar-refractivity contribution is 9.10. The van der Waals surface area contributed by atoms with Gasteiger partial charge in [-0.05, 0) is 65.2 Å². The second kappa shape index (κ2) is 7.14. The molecule has 0 saturated carbocycles. The SMILES string of the molecule is CCc1nc2c(C)cc(Br)cn2c1C(N)c1nc(-c2ccc(F)cc2)cs1. The molecule has 4 nitrogen and oxygen atoms in total. The van der Waals surface area contributed by atoms with Crippen molar-refractivity contribution in [3.8, 4) is 11.3 Å². The van der Waals surface area contributed by atoms with Crippen LogP contribution in [0.15, 0.2) is 46.4 Å².